The van der Waals surface area contributed by atoms with Crippen LogP contribution in [0.5, 0.6) is 0 Å². The van der Waals surface area contributed by atoms with E-state index in [-0.39, 0.29) is 42.2 Å². The Kier molecular flexibility index (Phi) is 4.81. The van der Waals surface area contributed by atoms with E-state index >= 15 is 0 Å². The molecule has 0 radical (unpaired) electrons. The van der Waals surface area contributed by atoms with E-state index < -0.39 is 45.9 Å². The van der Waals surface area contributed by atoms with Gasteiger partial charge in [-0.3, -0.25) is 14.4 Å². The van der Waals surface area contributed by atoms with Crippen LogP contribution in [0.4, 0.5) is 0 Å². The van der Waals surface area contributed by atoms with E-state index in [1.165, 1.54) is 13.8 Å². The summed E-state index contributed by atoms with van der Waals surface area (Å²) in [5.74, 6) is -1.65. The largest absolute Gasteiger partial charge is 0.462 e. The molecule has 4 rings (SSSR count). The molecule has 7 nitrogen and oxygen atoms in total. The van der Waals surface area contributed by atoms with Crippen LogP contribution >= 0.6 is 0 Å². The number of esters is 2. The molecule has 0 unspecified atom stereocenters. The molecule has 2 N–H and O–H groups in total. The van der Waals surface area contributed by atoms with Crippen LogP contribution in [0.1, 0.15) is 66.7 Å². The highest BCUT2D eigenvalue weighted by atomic mass is 16.5. The number of ketones is 1. The van der Waals surface area contributed by atoms with Crippen LogP contribution in [-0.2, 0) is 23.9 Å². The van der Waals surface area contributed by atoms with E-state index in [9.17, 15) is 24.6 Å². The number of carbonyl (C=O) groups is 3. The number of carbonyl (C=O) groups excluding carboxylic acids is 3. The first-order valence-corrected chi connectivity index (χ1v) is 11.2. The fourth-order valence-corrected chi connectivity index (χ4v) is 8.06. The van der Waals surface area contributed by atoms with Crippen molar-refractivity contribution in [3.05, 3.63) is 12.2 Å². The second-order valence-electron chi connectivity index (χ2n) is 11.2. The Morgan fingerprint density at radius 3 is 2.32 bits per heavy atom. The topological polar surface area (TPSA) is 110 Å². The molecule has 172 valence electrons. The van der Waals surface area contributed by atoms with E-state index in [0.717, 1.165) is 0 Å². The van der Waals surface area contributed by atoms with Gasteiger partial charge in [0.05, 0.1) is 17.1 Å². The fraction of sp³-hybridized carbons (Fsp3) is 0.792. The Hall–Kier alpha value is -1.73. The normalized spacial score (nSPS) is 47.9. The van der Waals surface area contributed by atoms with Crippen molar-refractivity contribution < 1.29 is 34.1 Å². The molecule has 0 aliphatic heterocycles. The van der Waals surface area contributed by atoms with Crippen LogP contribution < -0.4 is 0 Å². The van der Waals surface area contributed by atoms with Gasteiger partial charge in [0.15, 0.2) is 5.78 Å². The van der Waals surface area contributed by atoms with Crippen molar-refractivity contribution in [2.24, 2.45) is 28.1 Å². The summed E-state index contributed by atoms with van der Waals surface area (Å²) in [5, 5.41) is 22.7. The number of fused-ring (bicyclic) bond motifs is 3. The maximum atomic E-state index is 13.5. The Morgan fingerprint density at radius 1 is 1.13 bits per heavy atom. The van der Waals surface area contributed by atoms with Gasteiger partial charge < -0.3 is 19.7 Å². The molecule has 4 fully saturated rings. The zero-order chi connectivity index (χ0) is 23.1. The quantitative estimate of drug-likeness (QED) is 0.507. The predicted molar refractivity (Wildman–Crippen MR) is 111 cm³/mol. The van der Waals surface area contributed by atoms with Gasteiger partial charge in [-0.15, -0.1) is 0 Å². The summed E-state index contributed by atoms with van der Waals surface area (Å²) in [7, 11) is 0. The molecule has 31 heavy (non-hydrogen) atoms. The summed E-state index contributed by atoms with van der Waals surface area (Å²) in [6.45, 7) is 12.8. The Morgan fingerprint density at radius 2 is 1.74 bits per heavy atom. The Labute approximate surface area is 183 Å². The van der Waals surface area contributed by atoms with Crippen LogP contribution in [0.25, 0.3) is 0 Å². The highest BCUT2D eigenvalue weighted by molar-refractivity contribution is 6.05. The number of Topliss-reactive ketones (excluding diaryl/α,β-unsaturated/α-hetero) is 1. The third-order valence-electron chi connectivity index (χ3n) is 9.17. The third-order valence-corrected chi connectivity index (χ3v) is 9.17. The second-order valence-corrected chi connectivity index (χ2v) is 11.2. The van der Waals surface area contributed by atoms with Crippen LogP contribution in [0.15, 0.2) is 12.2 Å². The molecule has 7 heteroatoms. The van der Waals surface area contributed by atoms with Gasteiger partial charge in [0.2, 0.25) is 0 Å². The molecule has 4 saturated carbocycles. The van der Waals surface area contributed by atoms with Gasteiger partial charge in [0, 0.05) is 37.2 Å². The van der Waals surface area contributed by atoms with E-state index in [0.29, 0.717) is 19.3 Å². The van der Waals surface area contributed by atoms with Crippen molar-refractivity contribution in [2.45, 2.75) is 90.6 Å². The van der Waals surface area contributed by atoms with E-state index in [4.69, 9.17) is 9.47 Å². The minimum atomic E-state index is -1.47. The summed E-state index contributed by atoms with van der Waals surface area (Å²) in [5.41, 5.74) is -3.49. The molecule has 0 aromatic carbocycles. The van der Waals surface area contributed by atoms with Crippen molar-refractivity contribution in [1.29, 1.82) is 0 Å². The standard InChI is InChI=1S/C24H34O7/c1-12-20(28)24-11-23(12,29)10-15(30-13(2)25)19(24)22(6)8-7-18(31-14(3)26)21(4,5)16(22)9-17(24)27/h15-19,27,29H,1,7-11H2,2-6H3/t15-,16+,17+,18+,19-,22+,23-,24-/m0/s1. The van der Waals surface area contributed by atoms with Crippen molar-refractivity contribution in [1.82, 2.24) is 0 Å². The SMILES string of the molecule is C=C1C(=O)[C@]23C[C@@]1(O)C[C@H](OC(C)=O)[C@H]2[C@]1(C)CC[C@@H](OC(C)=O)C(C)(C)[C@H]1C[C@H]3O. The molecule has 4 aliphatic rings. The van der Waals surface area contributed by atoms with Gasteiger partial charge in [-0.1, -0.05) is 27.4 Å². The monoisotopic (exact) mass is 434 g/mol. The van der Waals surface area contributed by atoms with Crippen LogP contribution in [0.3, 0.4) is 0 Å². The van der Waals surface area contributed by atoms with Crippen LogP contribution in [0, 0.1) is 28.1 Å². The highest BCUT2D eigenvalue weighted by Gasteiger charge is 2.76. The predicted octanol–water partition coefficient (Wildman–Crippen LogP) is 2.32. The van der Waals surface area contributed by atoms with Gasteiger partial charge >= 0.3 is 11.9 Å². The molecular formula is C24H34O7. The number of hydrogen-bond donors (Lipinski definition) is 2. The molecule has 0 heterocycles. The van der Waals surface area contributed by atoms with Gasteiger partial charge in [-0.05, 0) is 37.0 Å². The van der Waals surface area contributed by atoms with Crippen LogP contribution in [0.2, 0.25) is 0 Å². The first-order valence-electron chi connectivity index (χ1n) is 11.2. The number of aliphatic hydroxyl groups excluding tert-OH is 1. The zero-order valence-corrected chi connectivity index (χ0v) is 19.1. The lowest BCUT2D eigenvalue weighted by Gasteiger charge is -2.66. The number of hydrogen-bond acceptors (Lipinski definition) is 7. The summed E-state index contributed by atoms with van der Waals surface area (Å²) in [6, 6.07) is 0. The molecule has 0 amide bonds. The third kappa shape index (κ3) is 2.81. The minimum Gasteiger partial charge on any atom is -0.462 e. The number of rotatable bonds is 2. The first kappa shape index (κ1) is 22.5. The van der Waals surface area contributed by atoms with Gasteiger partial charge in [-0.25, -0.2) is 0 Å². The lowest BCUT2D eigenvalue weighted by atomic mass is 9.39. The first-order chi connectivity index (χ1) is 14.2. The van der Waals surface area contributed by atoms with E-state index in [2.05, 4.69) is 13.5 Å². The average molecular weight is 435 g/mol. The van der Waals surface area contributed by atoms with Crippen molar-refractivity contribution >= 4 is 17.7 Å². The number of aliphatic hydroxyl groups is 2. The smallest absolute Gasteiger partial charge is 0.302 e. The minimum absolute atomic E-state index is 0.0744. The van der Waals surface area contributed by atoms with Crippen LogP contribution in [-0.4, -0.2) is 51.8 Å². The van der Waals surface area contributed by atoms with Gasteiger partial charge in [-0.2, -0.15) is 0 Å². The van der Waals surface area contributed by atoms with Crippen molar-refractivity contribution in [2.75, 3.05) is 0 Å². The molecule has 0 aromatic rings. The van der Waals surface area contributed by atoms with E-state index in [1.54, 1.807) is 0 Å². The fourth-order valence-electron chi connectivity index (χ4n) is 8.06. The number of ether oxygens (including phenoxy) is 2. The summed E-state index contributed by atoms with van der Waals surface area (Å²) < 4.78 is 11.4. The zero-order valence-electron chi connectivity index (χ0n) is 19.1. The molecule has 0 aromatic heterocycles. The van der Waals surface area contributed by atoms with E-state index in [1.807, 2.05) is 13.8 Å². The second kappa shape index (κ2) is 6.64. The van der Waals surface area contributed by atoms with Gasteiger partial charge in [0.25, 0.3) is 0 Å². The summed E-state index contributed by atoms with van der Waals surface area (Å²) in [4.78, 5) is 37.3. The average Bonchev–Trinajstić information content (AvgIpc) is 2.78. The molecule has 0 saturated heterocycles. The Bertz CT molecular complexity index is 862. The summed E-state index contributed by atoms with van der Waals surface area (Å²) in [6.07, 6.45) is -0.178. The van der Waals surface area contributed by atoms with Crippen molar-refractivity contribution in [3.8, 4) is 0 Å². The molecule has 8 atom stereocenters. The Balaban J connectivity index is 1.85. The van der Waals surface area contributed by atoms with Gasteiger partial charge in [0.1, 0.15) is 12.2 Å². The molecule has 2 bridgehead atoms. The molecular weight excluding hydrogens is 400 g/mol. The lowest BCUT2D eigenvalue weighted by molar-refractivity contribution is -0.254. The highest BCUT2D eigenvalue weighted by Crippen LogP contribution is 2.72. The summed E-state index contributed by atoms with van der Waals surface area (Å²) >= 11 is 0. The molecule has 1 spiro atoms. The lowest BCUT2D eigenvalue weighted by Crippen LogP contribution is -2.69. The maximum Gasteiger partial charge on any atom is 0.302 e. The maximum absolute atomic E-state index is 13.5. The molecule has 4 aliphatic carbocycles. The van der Waals surface area contributed by atoms with Crippen molar-refractivity contribution in [3.63, 3.8) is 0 Å².